The van der Waals surface area contributed by atoms with Crippen LogP contribution < -0.4 is 9.62 Å². The van der Waals surface area contributed by atoms with E-state index in [1.54, 1.807) is 0 Å². The summed E-state index contributed by atoms with van der Waals surface area (Å²) in [5.74, 6) is 0.297. The van der Waals surface area contributed by atoms with Crippen LogP contribution in [0, 0.1) is 5.92 Å². The molecule has 2 aromatic rings. The van der Waals surface area contributed by atoms with Gasteiger partial charge in [0.2, 0.25) is 10.0 Å². The molecule has 0 amide bonds. The molecule has 0 aliphatic carbocycles. The Kier molecular flexibility index (Phi) is 4.84. The van der Waals surface area contributed by atoms with Crippen LogP contribution in [0.2, 0.25) is 5.15 Å². The smallest absolute Gasteiger partial charge is 0.242 e. The van der Waals surface area contributed by atoms with Crippen molar-refractivity contribution in [2.45, 2.75) is 11.3 Å². The van der Waals surface area contributed by atoms with E-state index in [9.17, 15) is 8.42 Å². The summed E-state index contributed by atoms with van der Waals surface area (Å²) in [5, 5.41) is 0.276. The van der Waals surface area contributed by atoms with Crippen molar-refractivity contribution in [1.82, 2.24) is 9.71 Å². The highest BCUT2D eigenvalue weighted by atomic mass is 35.5. The molecule has 1 aliphatic heterocycles. The summed E-state index contributed by atoms with van der Waals surface area (Å²) in [6.45, 7) is 2.22. The fourth-order valence-electron chi connectivity index (χ4n) is 2.70. The van der Waals surface area contributed by atoms with Crippen LogP contribution in [0.5, 0.6) is 0 Å². The van der Waals surface area contributed by atoms with E-state index in [0.717, 1.165) is 19.5 Å². The number of nitrogens with one attached hydrogen (secondary N) is 1. The van der Waals surface area contributed by atoms with Crippen molar-refractivity contribution in [3.63, 3.8) is 0 Å². The zero-order valence-corrected chi connectivity index (χ0v) is 14.1. The lowest BCUT2D eigenvalue weighted by molar-refractivity contribution is 0.541. The second-order valence-electron chi connectivity index (χ2n) is 5.60. The third-order valence-corrected chi connectivity index (χ3v) is 5.61. The molecule has 3 rings (SSSR count). The molecule has 1 atom stereocenters. The Bertz CT molecular complexity index is 751. The lowest BCUT2D eigenvalue weighted by atomic mass is 10.1. The number of sulfonamides is 1. The van der Waals surface area contributed by atoms with Gasteiger partial charge < -0.3 is 4.90 Å². The molecule has 1 fully saturated rings. The summed E-state index contributed by atoms with van der Waals surface area (Å²) in [5.41, 5.74) is 1.18. The highest BCUT2D eigenvalue weighted by molar-refractivity contribution is 7.89. The minimum absolute atomic E-state index is 0.139. The number of rotatable bonds is 5. The van der Waals surface area contributed by atoms with Gasteiger partial charge in [-0.1, -0.05) is 29.8 Å². The fraction of sp³-hybridized carbons (Fsp3) is 0.312. The SMILES string of the molecule is O=S(=O)(NC[C@@H]1CCN(c2ccccc2)C1)c1ccc(Cl)nc1. The largest absolute Gasteiger partial charge is 0.371 e. The Balaban J connectivity index is 1.58. The number of halogens is 1. The number of hydrogen-bond acceptors (Lipinski definition) is 4. The van der Waals surface area contributed by atoms with Crippen molar-refractivity contribution in [2.24, 2.45) is 5.92 Å². The van der Waals surface area contributed by atoms with E-state index in [2.05, 4.69) is 26.7 Å². The van der Waals surface area contributed by atoms with Crippen molar-refractivity contribution in [1.29, 1.82) is 0 Å². The van der Waals surface area contributed by atoms with Gasteiger partial charge in [-0.15, -0.1) is 0 Å². The Labute approximate surface area is 141 Å². The predicted molar refractivity (Wildman–Crippen MR) is 91.2 cm³/mol. The van der Waals surface area contributed by atoms with Crippen LogP contribution in [0.25, 0.3) is 0 Å². The molecule has 2 heterocycles. The van der Waals surface area contributed by atoms with Gasteiger partial charge in [-0.3, -0.25) is 0 Å². The highest BCUT2D eigenvalue weighted by Gasteiger charge is 2.24. The normalized spacial score (nSPS) is 18.3. The number of hydrogen-bond donors (Lipinski definition) is 1. The van der Waals surface area contributed by atoms with Crippen LogP contribution >= 0.6 is 11.6 Å². The average molecular weight is 352 g/mol. The summed E-state index contributed by atoms with van der Waals surface area (Å²) in [6, 6.07) is 13.1. The van der Waals surface area contributed by atoms with Gasteiger partial charge >= 0.3 is 0 Å². The van der Waals surface area contributed by atoms with E-state index in [1.165, 1.54) is 24.0 Å². The van der Waals surface area contributed by atoms with Gasteiger partial charge in [0.05, 0.1) is 0 Å². The van der Waals surface area contributed by atoms with E-state index in [-0.39, 0.29) is 10.0 Å². The van der Waals surface area contributed by atoms with Gasteiger partial charge in [0.25, 0.3) is 0 Å². The molecular formula is C16H18ClN3O2S. The average Bonchev–Trinajstić information content (AvgIpc) is 3.03. The molecule has 0 spiro atoms. The Morgan fingerprint density at radius 2 is 2.00 bits per heavy atom. The van der Waals surface area contributed by atoms with Gasteiger partial charge in [-0.25, -0.2) is 18.1 Å². The van der Waals surface area contributed by atoms with E-state index >= 15 is 0 Å². The standard InChI is InChI=1S/C16H18ClN3O2S/c17-16-7-6-15(11-18-16)23(21,22)19-10-13-8-9-20(12-13)14-4-2-1-3-5-14/h1-7,11,13,19H,8-10,12H2/t13-/m0/s1. The summed E-state index contributed by atoms with van der Waals surface area (Å²) < 4.78 is 27.2. The fourth-order valence-corrected chi connectivity index (χ4v) is 3.88. The van der Waals surface area contributed by atoms with Crippen LogP contribution in [0.1, 0.15) is 6.42 Å². The number of anilines is 1. The van der Waals surface area contributed by atoms with E-state index in [1.807, 2.05) is 18.2 Å². The van der Waals surface area contributed by atoms with Crippen LogP contribution in [-0.2, 0) is 10.0 Å². The molecule has 0 unspecified atom stereocenters. The van der Waals surface area contributed by atoms with Crippen LogP contribution in [0.15, 0.2) is 53.6 Å². The maximum absolute atomic E-state index is 12.2. The van der Waals surface area contributed by atoms with Crippen molar-refractivity contribution in [2.75, 3.05) is 24.5 Å². The van der Waals surface area contributed by atoms with Gasteiger partial charge in [0.15, 0.2) is 0 Å². The van der Waals surface area contributed by atoms with Gasteiger partial charge in [-0.05, 0) is 36.6 Å². The van der Waals surface area contributed by atoms with Crippen LogP contribution in [0.3, 0.4) is 0 Å². The Morgan fingerprint density at radius 3 is 2.70 bits per heavy atom. The summed E-state index contributed by atoms with van der Waals surface area (Å²) in [7, 11) is -3.54. The van der Waals surface area contributed by atoms with Crippen molar-refractivity contribution in [3.05, 3.63) is 53.8 Å². The molecule has 1 aliphatic rings. The predicted octanol–water partition coefficient (Wildman–Crippen LogP) is 2.54. The van der Waals surface area contributed by atoms with Crippen LogP contribution in [-0.4, -0.2) is 33.0 Å². The van der Waals surface area contributed by atoms with Crippen molar-refractivity contribution in [3.8, 4) is 0 Å². The molecule has 1 aromatic heterocycles. The first-order chi connectivity index (χ1) is 11.0. The van der Waals surface area contributed by atoms with E-state index < -0.39 is 10.0 Å². The van der Waals surface area contributed by atoms with Gasteiger partial charge in [0.1, 0.15) is 10.0 Å². The lowest BCUT2D eigenvalue weighted by Gasteiger charge is -2.18. The summed E-state index contributed by atoms with van der Waals surface area (Å²) in [4.78, 5) is 6.23. The number of pyridine rings is 1. The molecule has 0 bridgehead atoms. The Morgan fingerprint density at radius 1 is 1.22 bits per heavy atom. The maximum Gasteiger partial charge on any atom is 0.242 e. The van der Waals surface area contributed by atoms with Crippen molar-refractivity contribution < 1.29 is 8.42 Å². The van der Waals surface area contributed by atoms with Crippen molar-refractivity contribution >= 4 is 27.3 Å². The van der Waals surface area contributed by atoms with E-state index in [4.69, 9.17) is 11.6 Å². The molecule has 1 saturated heterocycles. The zero-order valence-electron chi connectivity index (χ0n) is 12.5. The topological polar surface area (TPSA) is 62.3 Å². The first-order valence-electron chi connectivity index (χ1n) is 7.46. The maximum atomic E-state index is 12.2. The van der Waals surface area contributed by atoms with Gasteiger partial charge in [-0.2, -0.15) is 0 Å². The summed E-state index contributed by atoms with van der Waals surface area (Å²) >= 11 is 5.68. The molecule has 23 heavy (non-hydrogen) atoms. The Hall–Kier alpha value is -1.63. The lowest BCUT2D eigenvalue weighted by Crippen LogP contribution is -2.31. The van der Waals surface area contributed by atoms with Gasteiger partial charge in [0, 0.05) is 31.5 Å². The monoisotopic (exact) mass is 351 g/mol. The van der Waals surface area contributed by atoms with Crippen LogP contribution in [0.4, 0.5) is 5.69 Å². The quantitative estimate of drug-likeness (QED) is 0.841. The number of para-hydroxylation sites is 1. The molecule has 0 radical (unpaired) electrons. The number of nitrogens with zero attached hydrogens (tertiary/aromatic N) is 2. The molecule has 122 valence electrons. The second kappa shape index (κ2) is 6.86. The molecule has 1 N–H and O–H groups in total. The molecule has 5 nitrogen and oxygen atoms in total. The third kappa shape index (κ3) is 4.02. The number of benzene rings is 1. The number of aromatic nitrogens is 1. The second-order valence-corrected chi connectivity index (χ2v) is 7.76. The first kappa shape index (κ1) is 16.2. The first-order valence-corrected chi connectivity index (χ1v) is 9.32. The molecule has 1 aromatic carbocycles. The van der Waals surface area contributed by atoms with E-state index in [0.29, 0.717) is 12.5 Å². The molecular weight excluding hydrogens is 334 g/mol. The minimum Gasteiger partial charge on any atom is -0.371 e. The molecule has 0 saturated carbocycles. The zero-order chi connectivity index (χ0) is 16.3. The third-order valence-electron chi connectivity index (χ3n) is 3.98. The highest BCUT2D eigenvalue weighted by Crippen LogP contribution is 2.23. The molecule has 7 heteroatoms. The minimum atomic E-state index is -3.54. The summed E-state index contributed by atoms with van der Waals surface area (Å²) in [6.07, 6.45) is 2.24.